The number of piperidine rings is 1. The van der Waals surface area contributed by atoms with Gasteiger partial charge in [-0.15, -0.1) is 11.3 Å². The molecule has 7 heteroatoms. The molecule has 136 valence electrons. The topological polar surface area (TPSA) is 62.3 Å². The van der Waals surface area contributed by atoms with Crippen molar-refractivity contribution in [3.63, 3.8) is 0 Å². The van der Waals surface area contributed by atoms with Gasteiger partial charge in [-0.3, -0.25) is 9.59 Å². The molecule has 5 nitrogen and oxygen atoms in total. The van der Waals surface area contributed by atoms with Crippen molar-refractivity contribution in [3.8, 4) is 0 Å². The molecule has 4 rings (SSSR count). The van der Waals surface area contributed by atoms with Gasteiger partial charge in [0.1, 0.15) is 11.5 Å². The quantitative estimate of drug-likeness (QED) is 0.899. The van der Waals surface area contributed by atoms with E-state index in [0.717, 1.165) is 25.7 Å². The number of thiazole rings is 1. The van der Waals surface area contributed by atoms with Crippen molar-refractivity contribution in [1.82, 2.24) is 15.2 Å². The largest absolute Gasteiger partial charge is 0.348 e. The minimum Gasteiger partial charge on any atom is -0.348 e. The molecule has 1 spiro atoms. The van der Waals surface area contributed by atoms with Crippen LogP contribution in [-0.4, -0.2) is 40.8 Å². The third kappa shape index (κ3) is 3.35. The average Bonchev–Trinajstić information content (AvgIpc) is 3.15. The van der Waals surface area contributed by atoms with Crippen molar-refractivity contribution >= 4 is 23.2 Å². The third-order valence-electron chi connectivity index (χ3n) is 5.54. The highest BCUT2D eigenvalue weighted by Gasteiger charge is 2.46. The van der Waals surface area contributed by atoms with Gasteiger partial charge in [-0.1, -0.05) is 6.07 Å². The summed E-state index contributed by atoms with van der Waals surface area (Å²) in [6.07, 6.45) is 3.75. The van der Waals surface area contributed by atoms with E-state index in [1.807, 2.05) is 0 Å². The fourth-order valence-corrected chi connectivity index (χ4v) is 4.60. The standard InChI is InChI=1S/C19H20FN3O2S/c20-14-3-1-2-13(8-14)18(25)23-6-4-19(5-7-23)9-15(10-19)22-17(24)16-11-26-12-21-16/h1-3,8,11-12,15H,4-7,9-10H2,(H,22,24). The van der Waals surface area contributed by atoms with Crippen molar-refractivity contribution < 1.29 is 14.0 Å². The van der Waals surface area contributed by atoms with Gasteiger partial charge in [0.05, 0.1) is 5.51 Å². The molecule has 0 unspecified atom stereocenters. The van der Waals surface area contributed by atoms with Gasteiger partial charge in [0.2, 0.25) is 0 Å². The van der Waals surface area contributed by atoms with Crippen LogP contribution >= 0.6 is 11.3 Å². The minimum atomic E-state index is -0.387. The van der Waals surface area contributed by atoms with Gasteiger partial charge in [0, 0.05) is 30.1 Å². The summed E-state index contributed by atoms with van der Waals surface area (Å²) < 4.78 is 13.3. The van der Waals surface area contributed by atoms with Crippen LogP contribution in [0.3, 0.4) is 0 Å². The van der Waals surface area contributed by atoms with E-state index >= 15 is 0 Å². The van der Waals surface area contributed by atoms with Gasteiger partial charge in [0.25, 0.3) is 11.8 Å². The smallest absolute Gasteiger partial charge is 0.270 e. The second kappa shape index (κ2) is 6.79. The van der Waals surface area contributed by atoms with Crippen LogP contribution in [0.25, 0.3) is 0 Å². The molecule has 2 heterocycles. The van der Waals surface area contributed by atoms with Crippen LogP contribution in [-0.2, 0) is 0 Å². The van der Waals surface area contributed by atoms with E-state index < -0.39 is 0 Å². The Morgan fingerprint density at radius 1 is 1.27 bits per heavy atom. The van der Waals surface area contributed by atoms with Crippen LogP contribution < -0.4 is 5.32 Å². The number of halogens is 1. The highest BCUT2D eigenvalue weighted by atomic mass is 32.1. The molecule has 1 aromatic carbocycles. The fraction of sp³-hybridized carbons (Fsp3) is 0.421. The molecule has 1 aliphatic carbocycles. The predicted octanol–water partition coefficient (Wildman–Crippen LogP) is 3.10. The number of carbonyl (C=O) groups excluding carboxylic acids is 2. The SMILES string of the molecule is O=C(NC1CC2(CCN(C(=O)c3cccc(F)c3)CC2)C1)c1cscn1. The summed E-state index contributed by atoms with van der Waals surface area (Å²) in [7, 11) is 0. The Balaban J connectivity index is 1.28. The van der Waals surface area contributed by atoms with Gasteiger partial charge in [-0.2, -0.15) is 0 Å². The summed E-state index contributed by atoms with van der Waals surface area (Å²) in [5.74, 6) is -0.598. The summed E-state index contributed by atoms with van der Waals surface area (Å²) in [5, 5.41) is 4.79. The first kappa shape index (κ1) is 17.1. The van der Waals surface area contributed by atoms with Crippen LogP contribution in [0.4, 0.5) is 4.39 Å². The van der Waals surface area contributed by atoms with Crippen LogP contribution in [0.1, 0.15) is 46.5 Å². The fourth-order valence-electron chi connectivity index (χ4n) is 4.07. The summed E-state index contributed by atoms with van der Waals surface area (Å²) in [6, 6.07) is 6.05. The Labute approximate surface area is 155 Å². The molecule has 2 aliphatic rings. The van der Waals surface area contributed by atoms with E-state index in [1.54, 1.807) is 27.9 Å². The normalized spacial score (nSPS) is 19.2. The molecule has 2 aromatic rings. The molecule has 0 bridgehead atoms. The second-order valence-corrected chi connectivity index (χ2v) is 7.97. The number of hydrogen-bond acceptors (Lipinski definition) is 4. The minimum absolute atomic E-state index is 0.105. The highest BCUT2D eigenvalue weighted by Crippen LogP contribution is 2.49. The molecule has 0 radical (unpaired) electrons. The molecule has 1 saturated carbocycles. The van der Waals surface area contributed by atoms with Crippen LogP contribution in [0.15, 0.2) is 35.2 Å². The van der Waals surface area contributed by atoms with Gasteiger partial charge < -0.3 is 10.2 Å². The molecular weight excluding hydrogens is 353 g/mol. The first-order chi connectivity index (χ1) is 12.5. The van der Waals surface area contributed by atoms with E-state index in [9.17, 15) is 14.0 Å². The third-order valence-corrected chi connectivity index (χ3v) is 6.13. The zero-order valence-corrected chi connectivity index (χ0v) is 15.1. The highest BCUT2D eigenvalue weighted by molar-refractivity contribution is 7.07. The zero-order chi connectivity index (χ0) is 18.1. The van der Waals surface area contributed by atoms with E-state index in [1.165, 1.54) is 23.5 Å². The maximum absolute atomic E-state index is 13.3. The molecule has 2 fully saturated rings. The molecule has 0 atom stereocenters. The number of hydrogen-bond donors (Lipinski definition) is 1. The molecule has 1 aromatic heterocycles. The van der Waals surface area contributed by atoms with Gasteiger partial charge >= 0.3 is 0 Å². The number of amides is 2. The Morgan fingerprint density at radius 3 is 2.69 bits per heavy atom. The Hall–Kier alpha value is -2.28. The predicted molar refractivity (Wildman–Crippen MR) is 96.6 cm³/mol. The van der Waals surface area contributed by atoms with Crippen molar-refractivity contribution in [3.05, 3.63) is 52.2 Å². The number of nitrogens with one attached hydrogen (secondary N) is 1. The molecule has 1 aliphatic heterocycles. The molecule has 26 heavy (non-hydrogen) atoms. The summed E-state index contributed by atoms with van der Waals surface area (Å²) >= 11 is 1.41. The lowest BCUT2D eigenvalue weighted by Crippen LogP contribution is -2.55. The van der Waals surface area contributed by atoms with Crippen LogP contribution in [0.2, 0.25) is 0 Å². The lowest BCUT2D eigenvalue weighted by atomic mass is 9.60. The number of nitrogens with zero attached hydrogens (tertiary/aromatic N) is 2. The van der Waals surface area contributed by atoms with Gasteiger partial charge in [0.15, 0.2) is 0 Å². The zero-order valence-electron chi connectivity index (χ0n) is 14.3. The number of likely N-dealkylation sites (tertiary alicyclic amines) is 1. The molecule has 1 saturated heterocycles. The van der Waals surface area contributed by atoms with Gasteiger partial charge in [-0.05, 0) is 49.3 Å². The first-order valence-corrected chi connectivity index (χ1v) is 9.73. The van der Waals surface area contributed by atoms with Crippen LogP contribution in [0.5, 0.6) is 0 Å². The Kier molecular flexibility index (Phi) is 4.48. The number of carbonyl (C=O) groups is 2. The summed E-state index contributed by atoms with van der Waals surface area (Å²) in [5.41, 5.74) is 2.76. The Bertz CT molecular complexity index is 808. The first-order valence-electron chi connectivity index (χ1n) is 8.79. The van der Waals surface area contributed by atoms with E-state index in [2.05, 4.69) is 10.3 Å². The molecule has 1 N–H and O–H groups in total. The van der Waals surface area contributed by atoms with Gasteiger partial charge in [-0.25, -0.2) is 9.37 Å². The lowest BCUT2D eigenvalue weighted by Gasteiger charge is -2.52. The summed E-state index contributed by atoms with van der Waals surface area (Å²) in [6.45, 7) is 1.37. The summed E-state index contributed by atoms with van der Waals surface area (Å²) in [4.78, 5) is 30.4. The lowest BCUT2D eigenvalue weighted by molar-refractivity contribution is 0.00856. The molecule has 2 amide bonds. The van der Waals surface area contributed by atoms with Crippen molar-refractivity contribution in [2.75, 3.05) is 13.1 Å². The average molecular weight is 373 g/mol. The van der Waals surface area contributed by atoms with Crippen molar-refractivity contribution in [2.24, 2.45) is 5.41 Å². The van der Waals surface area contributed by atoms with E-state index in [0.29, 0.717) is 24.3 Å². The maximum Gasteiger partial charge on any atom is 0.270 e. The van der Waals surface area contributed by atoms with Crippen molar-refractivity contribution in [1.29, 1.82) is 0 Å². The molecular formula is C19H20FN3O2S. The van der Waals surface area contributed by atoms with Crippen LogP contribution in [0, 0.1) is 11.2 Å². The maximum atomic E-state index is 13.3. The van der Waals surface area contributed by atoms with Crippen molar-refractivity contribution in [2.45, 2.75) is 31.7 Å². The number of benzene rings is 1. The monoisotopic (exact) mass is 373 g/mol. The van der Waals surface area contributed by atoms with E-state index in [-0.39, 0.29) is 29.1 Å². The Morgan fingerprint density at radius 2 is 2.04 bits per heavy atom. The second-order valence-electron chi connectivity index (χ2n) is 7.25. The number of aromatic nitrogens is 1. The number of rotatable bonds is 3. The van der Waals surface area contributed by atoms with E-state index in [4.69, 9.17) is 0 Å².